The summed E-state index contributed by atoms with van der Waals surface area (Å²) >= 11 is 0. The molecule has 0 fully saturated rings. The van der Waals surface area contributed by atoms with Crippen LogP contribution in [-0.2, 0) is 4.43 Å². The van der Waals surface area contributed by atoms with Crippen LogP contribution in [0.1, 0.15) is 6.92 Å². The monoisotopic (exact) mass is 304 g/mol. The van der Waals surface area contributed by atoms with Gasteiger partial charge < -0.3 is 4.43 Å². The van der Waals surface area contributed by atoms with Crippen LogP contribution < -0.4 is 15.6 Å². The van der Waals surface area contributed by atoms with Crippen molar-refractivity contribution in [3.05, 3.63) is 91.0 Å². The molecule has 3 aromatic rings. The Bertz CT molecular complexity index is 599. The van der Waals surface area contributed by atoms with Crippen LogP contribution in [0.3, 0.4) is 0 Å². The molecule has 1 nitrogen and oxygen atoms in total. The second-order valence-electron chi connectivity index (χ2n) is 5.21. The molecular formula is C20H20OSi. The Morgan fingerprint density at radius 2 is 0.909 bits per heavy atom. The van der Waals surface area contributed by atoms with Crippen molar-refractivity contribution in [3.8, 4) is 0 Å². The lowest BCUT2D eigenvalue weighted by atomic mass is 10.3. The first kappa shape index (κ1) is 14.8. The molecule has 0 amide bonds. The fourth-order valence-corrected chi connectivity index (χ4v) is 6.90. The van der Waals surface area contributed by atoms with Crippen LogP contribution in [0.25, 0.3) is 0 Å². The van der Waals surface area contributed by atoms with Crippen molar-refractivity contribution in [2.45, 2.75) is 6.92 Å². The van der Waals surface area contributed by atoms with E-state index in [1.807, 2.05) is 0 Å². The smallest absolute Gasteiger partial charge is 0.288 e. The molecule has 0 heterocycles. The highest BCUT2D eigenvalue weighted by molar-refractivity contribution is 7.07. The van der Waals surface area contributed by atoms with Gasteiger partial charge in [0, 0.05) is 6.61 Å². The van der Waals surface area contributed by atoms with Crippen molar-refractivity contribution in [1.82, 2.24) is 0 Å². The van der Waals surface area contributed by atoms with Gasteiger partial charge in [-0.1, -0.05) is 91.0 Å². The molecule has 0 bridgehead atoms. The maximum atomic E-state index is 6.53. The van der Waals surface area contributed by atoms with E-state index in [4.69, 9.17) is 4.43 Å². The van der Waals surface area contributed by atoms with E-state index in [0.717, 1.165) is 0 Å². The van der Waals surface area contributed by atoms with Crippen molar-refractivity contribution in [2.24, 2.45) is 0 Å². The third-order valence-corrected chi connectivity index (χ3v) is 8.06. The summed E-state index contributed by atoms with van der Waals surface area (Å²) in [5, 5.41) is 3.86. The zero-order valence-electron chi connectivity index (χ0n) is 12.8. The van der Waals surface area contributed by atoms with Crippen molar-refractivity contribution in [2.75, 3.05) is 6.61 Å². The normalized spacial score (nSPS) is 11.3. The molecule has 0 aliphatic rings. The Balaban J connectivity index is 2.29. The third kappa shape index (κ3) is 2.63. The molecule has 0 spiro atoms. The highest BCUT2D eigenvalue weighted by atomic mass is 28.4. The van der Waals surface area contributed by atoms with Gasteiger partial charge in [-0.2, -0.15) is 0 Å². The standard InChI is InChI=1S/C20H20OSi/c1-2-21-22(18-12-6-3-7-13-18,19-14-8-4-9-15-19)20-16-10-5-11-17-20/h3-17H,2H2,1H3. The Morgan fingerprint density at radius 3 is 1.18 bits per heavy atom. The average Bonchev–Trinajstić information content (AvgIpc) is 2.62. The molecule has 0 aliphatic carbocycles. The maximum absolute atomic E-state index is 6.53. The zero-order chi connectivity index (χ0) is 15.3. The molecule has 0 atom stereocenters. The lowest BCUT2D eigenvalue weighted by Crippen LogP contribution is -2.69. The van der Waals surface area contributed by atoms with Crippen molar-refractivity contribution in [3.63, 3.8) is 0 Å². The predicted octanol–water partition coefficient (Wildman–Crippen LogP) is 2.69. The molecule has 110 valence electrons. The van der Waals surface area contributed by atoms with Crippen molar-refractivity contribution >= 4 is 23.9 Å². The summed E-state index contributed by atoms with van der Waals surface area (Å²) < 4.78 is 6.53. The molecular weight excluding hydrogens is 284 g/mol. The fourth-order valence-electron chi connectivity index (χ4n) is 2.99. The van der Waals surface area contributed by atoms with Gasteiger partial charge in [-0.25, -0.2) is 0 Å². The van der Waals surface area contributed by atoms with E-state index in [-0.39, 0.29) is 0 Å². The van der Waals surface area contributed by atoms with Crippen LogP contribution in [0.2, 0.25) is 0 Å². The molecule has 0 saturated carbocycles. The van der Waals surface area contributed by atoms with Crippen LogP contribution in [0.5, 0.6) is 0 Å². The van der Waals surface area contributed by atoms with Gasteiger partial charge in [-0.05, 0) is 22.5 Å². The SMILES string of the molecule is CCO[Si](c1ccccc1)(c1ccccc1)c1ccccc1. The van der Waals surface area contributed by atoms with Crippen LogP contribution in [0, 0.1) is 0 Å². The highest BCUT2D eigenvalue weighted by Crippen LogP contribution is 2.09. The first-order valence-electron chi connectivity index (χ1n) is 7.68. The van der Waals surface area contributed by atoms with Gasteiger partial charge in [0.1, 0.15) is 0 Å². The summed E-state index contributed by atoms with van der Waals surface area (Å²) in [6, 6.07) is 32.0. The van der Waals surface area contributed by atoms with Crippen LogP contribution in [0.15, 0.2) is 91.0 Å². The van der Waals surface area contributed by atoms with Gasteiger partial charge in [0.2, 0.25) is 0 Å². The maximum Gasteiger partial charge on any atom is 0.288 e. The summed E-state index contributed by atoms with van der Waals surface area (Å²) in [5.74, 6) is 0. The Hall–Kier alpha value is -2.16. The first-order valence-corrected chi connectivity index (χ1v) is 9.59. The zero-order valence-corrected chi connectivity index (χ0v) is 13.8. The predicted molar refractivity (Wildman–Crippen MR) is 95.6 cm³/mol. The molecule has 0 radical (unpaired) electrons. The van der Waals surface area contributed by atoms with E-state index in [1.54, 1.807) is 0 Å². The van der Waals surface area contributed by atoms with Crippen molar-refractivity contribution in [1.29, 1.82) is 0 Å². The van der Waals surface area contributed by atoms with Crippen LogP contribution in [-0.4, -0.2) is 14.9 Å². The molecule has 0 aromatic heterocycles. The third-order valence-electron chi connectivity index (χ3n) is 3.90. The summed E-state index contributed by atoms with van der Waals surface area (Å²) in [6.07, 6.45) is 0. The van der Waals surface area contributed by atoms with E-state index in [0.29, 0.717) is 6.61 Å². The average molecular weight is 304 g/mol. The van der Waals surface area contributed by atoms with E-state index in [9.17, 15) is 0 Å². The van der Waals surface area contributed by atoms with Gasteiger partial charge in [-0.15, -0.1) is 0 Å². The minimum atomic E-state index is -2.42. The first-order chi connectivity index (χ1) is 10.9. The molecule has 0 unspecified atom stereocenters. The van der Waals surface area contributed by atoms with Gasteiger partial charge in [0.25, 0.3) is 8.32 Å². The van der Waals surface area contributed by atoms with E-state index >= 15 is 0 Å². The molecule has 3 rings (SSSR count). The molecule has 2 heteroatoms. The summed E-state index contributed by atoms with van der Waals surface area (Å²) in [6.45, 7) is 2.78. The number of rotatable bonds is 5. The summed E-state index contributed by atoms with van der Waals surface area (Å²) in [5.41, 5.74) is 0. The van der Waals surface area contributed by atoms with E-state index in [2.05, 4.69) is 97.9 Å². The second-order valence-corrected chi connectivity index (χ2v) is 8.60. The minimum Gasteiger partial charge on any atom is -0.405 e. The van der Waals surface area contributed by atoms with Gasteiger partial charge in [-0.3, -0.25) is 0 Å². The lowest BCUT2D eigenvalue weighted by molar-refractivity contribution is 0.347. The van der Waals surface area contributed by atoms with Crippen LogP contribution >= 0.6 is 0 Å². The Labute approximate surface area is 133 Å². The Kier molecular flexibility index (Phi) is 4.52. The minimum absolute atomic E-state index is 0.699. The molecule has 0 aliphatic heterocycles. The van der Waals surface area contributed by atoms with Gasteiger partial charge in [0.05, 0.1) is 0 Å². The van der Waals surface area contributed by atoms with Crippen LogP contribution in [0.4, 0.5) is 0 Å². The molecule has 0 saturated heterocycles. The highest BCUT2D eigenvalue weighted by Gasteiger charge is 2.41. The summed E-state index contributed by atoms with van der Waals surface area (Å²) in [7, 11) is -2.42. The quantitative estimate of drug-likeness (QED) is 0.520. The van der Waals surface area contributed by atoms with E-state index in [1.165, 1.54) is 15.6 Å². The largest absolute Gasteiger partial charge is 0.405 e. The molecule has 0 N–H and O–H groups in total. The molecule has 22 heavy (non-hydrogen) atoms. The Morgan fingerprint density at radius 1 is 0.591 bits per heavy atom. The van der Waals surface area contributed by atoms with E-state index < -0.39 is 8.32 Å². The molecule has 3 aromatic carbocycles. The van der Waals surface area contributed by atoms with Crippen molar-refractivity contribution < 1.29 is 4.43 Å². The number of hydrogen-bond acceptors (Lipinski definition) is 1. The lowest BCUT2D eigenvalue weighted by Gasteiger charge is -2.32. The topological polar surface area (TPSA) is 9.23 Å². The second kappa shape index (κ2) is 6.73. The number of hydrogen-bond donors (Lipinski definition) is 0. The van der Waals surface area contributed by atoms with Gasteiger partial charge >= 0.3 is 0 Å². The number of benzene rings is 3. The van der Waals surface area contributed by atoms with Gasteiger partial charge in [0.15, 0.2) is 0 Å². The summed E-state index contributed by atoms with van der Waals surface area (Å²) in [4.78, 5) is 0. The fraction of sp³-hybridized carbons (Fsp3) is 0.100.